The van der Waals surface area contributed by atoms with Crippen LogP contribution >= 0.6 is 0 Å². The van der Waals surface area contributed by atoms with Crippen LogP contribution in [0.15, 0.2) is 0 Å². The molecule has 1 unspecified atom stereocenters. The van der Waals surface area contributed by atoms with Crippen molar-refractivity contribution in [3.8, 4) is 0 Å². The number of nitrogens with two attached hydrogens (primary N) is 1. The lowest BCUT2D eigenvalue weighted by Crippen LogP contribution is -2.34. The van der Waals surface area contributed by atoms with Gasteiger partial charge in [-0.1, -0.05) is 32.6 Å². The quantitative estimate of drug-likeness (QED) is 0.537. The van der Waals surface area contributed by atoms with Crippen molar-refractivity contribution in [2.24, 2.45) is 5.73 Å². The van der Waals surface area contributed by atoms with E-state index in [0.717, 1.165) is 32.5 Å². The van der Waals surface area contributed by atoms with E-state index in [1.807, 2.05) is 0 Å². The van der Waals surface area contributed by atoms with Gasteiger partial charge in [0, 0.05) is 19.8 Å². The van der Waals surface area contributed by atoms with Gasteiger partial charge in [0.1, 0.15) is 0 Å². The minimum atomic E-state index is -0.718. The molecule has 0 amide bonds. The van der Waals surface area contributed by atoms with Gasteiger partial charge in [-0.15, -0.1) is 0 Å². The smallest absolute Gasteiger partial charge is 0.0742 e. The highest BCUT2D eigenvalue weighted by molar-refractivity contribution is 4.72. The largest absolute Gasteiger partial charge is 0.389 e. The van der Waals surface area contributed by atoms with Crippen LogP contribution in [0.4, 0.5) is 0 Å². The van der Waals surface area contributed by atoms with E-state index >= 15 is 0 Å². The van der Waals surface area contributed by atoms with Crippen LogP contribution in [-0.4, -0.2) is 30.5 Å². The molecule has 0 aromatic heterocycles. The minimum absolute atomic E-state index is 0.323. The molecule has 0 aromatic carbocycles. The molecule has 0 spiro atoms. The molecule has 0 aliphatic carbocycles. The van der Waals surface area contributed by atoms with Crippen molar-refractivity contribution in [2.75, 3.05) is 19.8 Å². The van der Waals surface area contributed by atoms with E-state index in [4.69, 9.17) is 10.5 Å². The molecule has 0 radical (unpaired) electrons. The lowest BCUT2D eigenvalue weighted by atomic mass is 10.0. The van der Waals surface area contributed by atoms with Crippen LogP contribution in [0.25, 0.3) is 0 Å². The van der Waals surface area contributed by atoms with E-state index in [1.54, 1.807) is 6.92 Å². The third-order valence-corrected chi connectivity index (χ3v) is 2.84. The van der Waals surface area contributed by atoms with Crippen LogP contribution in [0.1, 0.15) is 58.8 Å². The number of ether oxygens (including phenoxy) is 1. The van der Waals surface area contributed by atoms with E-state index in [0.29, 0.717) is 6.54 Å². The van der Waals surface area contributed by atoms with E-state index in [9.17, 15) is 5.11 Å². The zero-order chi connectivity index (χ0) is 12.3. The zero-order valence-electron chi connectivity index (χ0n) is 11.0. The Kier molecular flexibility index (Phi) is 9.99. The summed E-state index contributed by atoms with van der Waals surface area (Å²) < 4.78 is 5.50. The fraction of sp³-hybridized carbons (Fsp3) is 1.00. The first-order chi connectivity index (χ1) is 7.62. The molecule has 3 nitrogen and oxygen atoms in total. The summed E-state index contributed by atoms with van der Waals surface area (Å²) in [7, 11) is 0. The van der Waals surface area contributed by atoms with Gasteiger partial charge in [-0.25, -0.2) is 0 Å². The number of aliphatic hydroxyl groups is 1. The molecule has 0 fully saturated rings. The maximum absolute atomic E-state index is 9.64. The molecule has 16 heavy (non-hydrogen) atoms. The molecule has 1 atom stereocenters. The second kappa shape index (κ2) is 10.1. The van der Waals surface area contributed by atoms with Crippen LogP contribution in [0.3, 0.4) is 0 Å². The van der Waals surface area contributed by atoms with Crippen molar-refractivity contribution in [1.29, 1.82) is 0 Å². The molecule has 0 aliphatic rings. The molecule has 0 saturated carbocycles. The van der Waals surface area contributed by atoms with Crippen LogP contribution in [0.2, 0.25) is 0 Å². The number of rotatable bonds is 11. The molecule has 0 rings (SSSR count). The normalized spacial score (nSPS) is 15.0. The fourth-order valence-corrected chi connectivity index (χ4v) is 1.57. The molecule has 0 saturated heterocycles. The summed E-state index contributed by atoms with van der Waals surface area (Å²) in [6, 6.07) is 0. The number of hydrogen-bond acceptors (Lipinski definition) is 3. The van der Waals surface area contributed by atoms with Gasteiger partial charge in [-0.05, 0) is 26.2 Å². The van der Waals surface area contributed by atoms with Gasteiger partial charge in [-0.3, -0.25) is 0 Å². The van der Waals surface area contributed by atoms with Gasteiger partial charge >= 0.3 is 0 Å². The first-order valence-electron chi connectivity index (χ1n) is 6.62. The number of hydrogen-bond donors (Lipinski definition) is 2. The van der Waals surface area contributed by atoms with Crippen molar-refractivity contribution in [2.45, 2.75) is 64.4 Å². The third-order valence-electron chi connectivity index (χ3n) is 2.84. The lowest BCUT2D eigenvalue weighted by Gasteiger charge is -2.20. The van der Waals surface area contributed by atoms with E-state index < -0.39 is 5.60 Å². The third kappa shape index (κ3) is 10.4. The number of unbranched alkanes of at least 4 members (excludes halogenated alkanes) is 4. The summed E-state index contributed by atoms with van der Waals surface area (Å²) in [5.41, 5.74) is 4.71. The lowest BCUT2D eigenvalue weighted by molar-refractivity contribution is 0.0429. The van der Waals surface area contributed by atoms with Gasteiger partial charge in [0.15, 0.2) is 0 Å². The summed E-state index contributed by atoms with van der Waals surface area (Å²) >= 11 is 0. The predicted octanol–water partition coefficient (Wildman–Crippen LogP) is 2.46. The highest BCUT2D eigenvalue weighted by Crippen LogP contribution is 2.10. The molecule has 0 bridgehead atoms. The second-order valence-electron chi connectivity index (χ2n) is 4.83. The first-order valence-corrected chi connectivity index (χ1v) is 6.62. The summed E-state index contributed by atoms with van der Waals surface area (Å²) in [5, 5.41) is 9.64. The minimum Gasteiger partial charge on any atom is -0.389 e. The fourth-order valence-electron chi connectivity index (χ4n) is 1.57. The monoisotopic (exact) mass is 231 g/mol. The maximum atomic E-state index is 9.64. The maximum Gasteiger partial charge on any atom is 0.0742 e. The van der Waals surface area contributed by atoms with Crippen molar-refractivity contribution in [3.05, 3.63) is 0 Å². The van der Waals surface area contributed by atoms with Crippen molar-refractivity contribution < 1.29 is 9.84 Å². The highest BCUT2D eigenvalue weighted by Gasteiger charge is 2.16. The molecule has 0 heterocycles. The summed E-state index contributed by atoms with van der Waals surface area (Å²) in [6.45, 7) is 5.92. The van der Waals surface area contributed by atoms with Crippen molar-refractivity contribution in [1.82, 2.24) is 0 Å². The second-order valence-corrected chi connectivity index (χ2v) is 4.83. The average Bonchev–Trinajstić information content (AvgIpc) is 2.27. The molecular formula is C13H29NO2. The van der Waals surface area contributed by atoms with Gasteiger partial charge in [-0.2, -0.15) is 0 Å². The Balaban J connectivity index is 3.10. The Bertz CT molecular complexity index is 149. The molecule has 3 heteroatoms. The van der Waals surface area contributed by atoms with E-state index in [2.05, 4.69) is 6.92 Å². The van der Waals surface area contributed by atoms with Crippen LogP contribution < -0.4 is 5.73 Å². The van der Waals surface area contributed by atoms with E-state index in [-0.39, 0.29) is 0 Å². The Labute approximate surface area is 100 Å². The average molecular weight is 231 g/mol. The van der Waals surface area contributed by atoms with Crippen molar-refractivity contribution >= 4 is 0 Å². The van der Waals surface area contributed by atoms with Gasteiger partial charge in [0.2, 0.25) is 0 Å². The SMILES string of the molecule is CCCCCCCOCCCC(C)(O)CN. The molecule has 0 aliphatic heterocycles. The first kappa shape index (κ1) is 15.9. The molecular weight excluding hydrogens is 202 g/mol. The molecule has 0 aromatic rings. The zero-order valence-corrected chi connectivity index (χ0v) is 11.0. The Morgan fingerprint density at radius 1 is 1.06 bits per heavy atom. The summed E-state index contributed by atoms with van der Waals surface area (Å²) in [5.74, 6) is 0. The molecule has 3 N–H and O–H groups in total. The Morgan fingerprint density at radius 2 is 1.69 bits per heavy atom. The van der Waals surface area contributed by atoms with Crippen LogP contribution in [-0.2, 0) is 4.74 Å². The topological polar surface area (TPSA) is 55.5 Å². The Hall–Kier alpha value is -0.120. The Morgan fingerprint density at radius 3 is 2.31 bits per heavy atom. The predicted molar refractivity (Wildman–Crippen MR) is 68.5 cm³/mol. The van der Waals surface area contributed by atoms with Gasteiger partial charge in [0.05, 0.1) is 5.60 Å². The highest BCUT2D eigenvalue weighted by atomic mass is 16.5. The van der Waals surface area contributed by atoms with E-state index in [1.165, 1.54) is 25.7 Å². The standard InChI is InChI=1S/C13H29NO2/c1-3-4-5-6-7-10-16-11-8-9-13(2,15)12-14/h15H,3-12,14H2,1-2H3. The summed E-state index contributed by atoms with van der Waals surface area (Å²) in [4.78, 5) is 0. The summed E-state index contributed by atoms with van der Waals surface area (Å²) in [6.07, 6.45) is 7.98. The molecule has 98 valence electrons. The van der Waals surface area contributed by atoms with Crippen LogP contribution in [0, 0.1) is 0 Å². The van der Waals surface area contributed by atoms with Crippen LogP contribution in [0.5, 0.6) is 0 Å². The van der Waals surface area contributed by atoms with Gasteiger partial charge < -0.3 is 15.6 Å². The van der Waals surface area contributed by atoms with Gasteiger partial charge in [0.25, 0.3) is 0 Å². The van der Waals surface area contributed by atoms with Crippen molar-refractivity contribution in [3.63, 3.8) is 0 Å².